The van der Waals surface area contributed by atoms with Gasteiger partial charge >= 0.3 is 0 Å². The molecule has 4 rings (SSSR count). The van der Waals surface area contributed by atoms with Gasteiger partial charge < -0.3 is 5.73 Å². The van der Waals surface area contributed by atoms with Crippen LogP contribution in [0.4, 0.5) is 0 Å². The van der Waals surface area contributed by atoms with Gasteiger partial charge in [0.1, 0.15) is 0 Å². The highest BCUT2D eigenvalue weighted by Crippen LogP contribution is 2.53. The van der Waals surface area contributed by atoms with E-state index in [9.17, 15) is 0 Å². The highest BCUT2D eigenvalue weighted by molar-refractivity contribution is 4.92. The number of rotatable bonds is 0. The lowest BCUT2D eigenvalue weighted by Gasteiger charge is -2.49. The number of nitrogens with two attached hydrogens (primary N) is 1. The highest BCUT2D eigenvalue weighted by Gasteiger charge is 2.41. The average Bonchev–Trinajstić information content (AvgIpc) is 2.05. The molecule has 2 N–H and O–H groups in total. The summed E-state index contributed by atoms with van der Waals surface area (Å²) < 4.78 is 0. The monoisotopic (exact) mass is 183 g/mol. The van der Waals surface area contributed by atoms with Gasteiger partial charge in [0, 0.05) is 0 Å². The quantitative estimate of drug-likeness (QED) is 0.614. The normalized spacial score (nSPS) is 44.8. The Morgan fingerprint density at radius 3 is 0.923 bits per heavy atom. The van der Waals surface area contributed by atoms with Gasteiger partial charge in [-0.3, -0.25) is 0 Å². The second-order valence-electron chi connectivity index (χ2n) is 4.88. The van der Waals surface area contributed by atoms with E-state index < -0.39 is 0 Å². The lowest BCUT2D eigenvalue weighted by molar-refractivity contribution is 0.0198. The van der Waals surface area contributed by atoms with Gasteiger partial charge in [-0.1, -0.05) is 7.43 Å². The minimum atomic E-state index is 0. The fourth-order valence-corrected chi connectivity index (χ4v) is 3.98. The molecule has 0 aliphatic heterocycles. The molecule has 1 nitrogen and oxygen atoms in total. The number of hydrogen-bond acceptors (Lipinski definition) is 1. The van der Waals surface area contributed by atoms with Crippen LogP contribution in [0.2, 0.25) is 0 Å². The number of hydrogen-bond donors (Lipinski definition) is 1. The van der Waals surface area contributed by atoms with Crippen molar-refractivity contribution in [1.82, 2.24) is 0 Å². The summed E-state index contributed by atoms with van der Waals surface area (Å²) >= 11 is 0. The Morgan fingerprint density at radius 1 is 0.615 bits per heavy atom. The molecule has 0 unspecified atom stereocenters. The van der Waals surface area contributed by atoms with Crippen molar-refractivity contribution < 1.29 is 0 Å². The molecule has 0 radical (unpaired) electrons. The van der Waals surface area contributed by atoms with Crippen LogP contribution in [0.5, 0.6) is 0 Å². The Kier molecular flexibility index (Phi) is 3.78. The van der Waals surface area contributed by atoms with Crippen LogP contribution in [-0.2, 0) is 0 Å². The first kappa shape index (κ1) is 11.0. The summed E-state index contributed by atoms with van der Waals surface area (Å²) in [6, 6.07) is 0. The van der Waals surface area contributed by atoms with Crippen molar-refractivity contribution in [3.8, 4) is 0 Å². The maximum absolute atomic E-state index is 4.50. The summed E-state index contributed by atoms with van der Waals surface area (Å²) in [6.45, 7) is 0. The Labute approximate surface area is 83.1 Å². The predicted molar refractivity (Wildman–Crippen MR) is 58.5 cm³/mol. The first-order valence-corrected chi connectivity index (χ1v) is 5.48. The zero-order valence-corrected chi connectivity index (χ0v) is 8.13. The zero-order valence-electron chi connectivity index (χ0n) is 8.13. The van der Waals surface area contributed by atoms with E-state index in [1.807, 2.05) is 0 Å². The molecular weight excluding hydrogens is 158 g/mol. The van der Waals surface area contributed by atoms with Crippen molar-refractivity contribution in [2.24, 2.45) is 29.4 Å². The first-order chi connectivity index (χ1) is 5.90. The molecule has 4 aliphatic carbocycles. The maximum atomic E-state index is 4.50. The van der Waals surface area contributed by atoms with Gasteiger partial charge in [0.15, 0.2) is 0 Å². The third-order valence-corrected chi connectivity index (χ3v) is 4.00. The third kappa shape index (κ3) is 2.07. The van der Waals surface area contributed by atoms with E-state index in [-0.39, 0.29) is 7.43 Å². The van der Waals surface area contributed by atoms with Crippen LogP contribution in [0, 0.1) is 23.7 Å². The van der Waals surface area contributed by atoms with Crippen LogP contribution in [-0.4, -0.2) is 7.05 Å². The van der Waals surface area contributed by atoms with E-state index in [0.29, 0.717) is 0 Å². The van der Waals surface area contributed by atoms with E-state index in [1.54, 1.807) is 38.5 Å². The van der Waals surface area contributed by atoms with Crippen molar-refractivity contribution in [3.63, 3.8) is 0 Å². The second kappa shape index (κ2) is 4.45. The van der Waals surface area contributed by atoms with E-state index in [0.717, 1.165) is 0 Å². The maximum Gasteiger partial charge on any atom is -0.0195 e. The lowest BCUT2D eigenvalue weighted by Crippen LogP contribution is -2.38. The molecule has 0 spiro atoms. The molecule has 13 heavy (non-hydrogen) atoms. The molecule has 78 valence electrons. The molecule has 0 aromatic heterocycles. The Hall–Kier alpha value is -0.0400. The SMILES string of the molecule is C.C1C2CC3CC1CC(C2)C3.CN. The fraction of sp³-hybridized carbons (Fsp3) is 1.00. The van der Waals surface area contributed by atoms with Crippen molar-refractivity contribution in [2.75, 3.05) is 7.05 Å². The van der Waals surface area contributed by atoms with E-state index in [2.05, 4.69) is 5.73 Å². The smallest absolute Gasteiger partial charge is 0.0195 e. The molecule has 0 aromatic rings. The van der Waals surface area contributed by atoms with Gasteiger partial charge in [-0.15, -0.1) is 0 Å². The van der Waals surface area contributed by atoms with Crippen LogP contribution in [0.1, 0.15) is 46.0 Å². The summed E-state index contributed by atoms with van der Waals surface area (Å²) in [4.78, 5) is 0. The summed E-state index contributed by atoms with van der Waals surface area (Å²) in [7, 11) is 1.50. The van der Waals surface area contributed by atoms with Gasteiger partial charge in [-0.05, 0) is 69.2 Å². The molecular formula is C12H25N. The molecule has 0 saturated heterocycles. The van der Waals surface area contributed by atoms with Gasteiger partial charge in [0.25, 0.3) is 0 Å². The summed E-state index contributed by atoms with van der Waals surface area (Å²) in [5.41, 5.74) is 4.50. The summed E-state index contributed by atoms with van der Waals surface area (Å²) in [6.07, 6.45) is 9.62. The first-order valence-electron chi connectivity index (χ1n) is 5.48. The predicted octanol–water partition coefficient (Wildman–Crippen LogP) is 3.04. The Morgan fingerprint density at radius 2 is 0.769 bits per heavy atom. The van der Waals surface area contributed by atoms with Gasteiger partial charge in [0.05, 0.1) is 0 Å². The van der Waals surface area contributed by atoms with Crippen LogP contribution >= 0.6 is 0 Å². The van der Waals surface area contributed by atoms with Crippen LogP contribution < -0.4 is 5.73 Å². The minimum absolute atomic E-state index is 0. The molecule has 0 atom stereocenters. The Balaban J connectivity index is 0.000000266. The molecule has 0 heterocycles. The van der Waals surface area contributed by atoms with Crippen molar-refractivity contribution in [3.05, 3.63) is 0 Å². The van der Waals surface area contributed by atoms with Gasteiger partial charge in [-0.25, -0.2) is 0 Å². The Bertz CT molecular complexity index is 96.7. The molecule has 4 fully saturated rings. The van der Waals surface area contributed by atoms with Crippen molar-refractivity contribution >= 4 is 0 Å². The molecule has 0 aromatic carbocycles. The minimum Gasteiger partial charge on any atom is -0.333 e. The summed E-state index contributed by atoms with van der Waals surface area (Å²) in [5, 5.41) is 0. The molecule has 0 amide bonds. The second-order valence-corrected chi connectivity index (χ2v) is 4.88. The van der Waals surface area contributed by atoms with Crippen molar-refractivity contribution in [1.29, 1.82) is 0 Å². The lowest BCUT2D eigenvalue weighted by atomic mass is 9.56. The van der Waals surface area contributed by atoms with E-state index in [1.165, 1.54) is 30.7 Å². The van der Waals surface area contributed by atoms with E-state index >= 15 is 0 Å². The zero-order chi connectivity index (χ0) is 8.55. The molecule has 4 aliphatic rings. The van der Waals surface area contributed by atoms with Crippen LogP contribution in [0.15, 0.2) is 0 Å². The van der Waals surface area contributed by atoms with Gasteiger partial charge in [0.2, 0.25) is 0 Å². The highest BCUT2D eigenvalue weighted by atomic mass is 14.5. The molecule has 1 heteroatoms. The standard InChI is InChI=1S/C10H16.CH5N.CH4/c1-7-2-9-4-8(1)5-10(3-7)6-9;1-2;/h7-10H,1-6H2;2H2,1H3;1H4. The van der Waals surface area contributed by atoms with Gasteiger partial charge in [-0.2, -0.15) is 0 Å². The molecule has 4 saturated carbocycles. The van der Waals surface area contributed by atoms with E-state index in [4.69, 9.17) is 0 Å². The van der Waals surface area contributed by atoms with Crippen LogP contribution in [0.3, 0.4) is 0 Å². The molecule has 4 bridgehead atoms. The third-order valence-electron chi connectivity index (χ3n) is 4.00. The average molecular weight is 183 g/mol. The van der Waals surface area contributed by atoms with Crippen molar-refractivity contribution in [2.45, 2.75) is 46.0 Å². The summed E-state index contributed by atoms with van der Waals surface area (Å²) in [5.74, 6) is 4.71. The van der Waals surface area contributed by atoms with Crippen LogP contribution in [0.25, 0.3) is 0 Å². The topological polar surface area (TPSA) is 26.0 Å². The fourth-order valence-electron chi connectivity index (χ4n) is 3.98. The largest absolute Gasteiger partial charge is 0.333 e.